The molecule has 1 saturated heterocycles. The predicted molar refractivity (Wildman–Crippen MR) is 69.1 cm³/mol. The van der Waals surface area contributed by atoms with Gasteiger partial charge in [-0.1, -0.05) is 0 Å². The molecule has 2 rings (SSSR count). The fourth-order valence-electron chi connectivity index (χ4n) is 1.91. The second-order valence-corrected chi connectivity index (χ2v) is 6.85. The molecule has 0 saturated carbocycles. The van der Waals surface area contributed by atoms with E-state index < -0.39 is 16.0 Å². The summed E-state index contributed by atoms with van der Waals surface area (Å²) in [7, 11) is -3.49. The Balaban J connectivity index is 2.40. The molecule has 1 aliphatic rings. The van der Waals surface area contributed by atoms with Gasteiger partial charge in [0.2, 0.25) is 10.0 Å². The second-order valence-electron chi connectivity index (χ2n) is 4.06. The first-order valence-electron chi connectivity index (χ1n) is 5.46. The lowest BCUT2D eigenvalue weighted by atomic mass is 10.2. The zero-order chi connectivity index (χ0) is 13.3. The fourth-order valence-corrected chi connectivity index (χ4v) is 4.15. The highest BCUT2D eigenvalue weighted by Crippen LogP contribution is 2.25. The largest absolute Gasteiger partial charge is 0.478 e. The summed E-state index contributed by atoms with van der Waals surface area (Å²) in [6.07, 6.45) is 1.74. The Morgan fingerprint density at radius 2 is 1.89 bits per heavy atom. The zero-order valence-corrected chi connectivity index (χ0v) is 11.9. The normalized spacial score (nSPS) is 16.9. The van der Waals surface area contributed by atoms with E-state index in [0.29, 0.717) is 13.1 Å². The summed E-state index contributed by atoms with van der Waals surface area (Å²) in [5.41, 5.74) is 0.0513. The van der Waals surface area contributed by atoms with Crippen molar-refractivity contribution in [3.8, 4) is 0 Å². The smallest absolute Gasteiger partial charge is 0.336 e. The Labute approximate surface area is 114 Å². The van der Waals surface area contributed by atoms with Crippen LogP contribution in [-0.4, -0.2) is 36.9 Å². The Bertz CT molecular complexity index is 579. The first-order chi connectivity index (χ1) is 8.43. The summed E-state index contributed by atoms with van der Waals surface area (Å²) in [5, 5.41) is 8.88. The molecular formula is C11H12BrNO4S. The van der Waals surface area contributed by atoms with Gasteiger partial charge in [0.15, 0.2) is 0 Å². The molecule has 1 fully saturated rings. The Morgan fingerprint density at radius 3 is 2.39 bits per heavy atom. The minimum atomic E-state index is -3.49. The number of carboxylic acids is 1. The van der Waals surface area contributed by atoms with Gasteiger partial charge in [0.05, 0.1) is 10.5 Å². The quantitative estimate of drug-likeness (QED) is 0.917. The maximum absolute atomic E-state index is 12.2. The van der Waals surface area contributed by atoms with Gasteiger partial charge in [-0.25, -0.2) is 13.2 Å². The minimum absolute atomic E-state index is 0.0513. The third kappa shape index (κ3) is 2.43. The average Bonchev–Trinajstić information content (AvgIpc) is 2.82. The monoisotopic (exact) mass is 333 g/mol. The molecule has 5 nitrogen and oxygen atoms in total. The SMILES string of the molecule is O=C(O)c1ccc(S(=O)(=O)N2CCCC2)cc1Br. The topological polar surface area (TPSA) is 74.7 Å². The van der Waals surface area contributed by atoms with Gasteiger partial charge in [-0.3, -0.25) is 0 Å². The van der Waals surface area contributed by atoms with Crippen molar-refractivity contribution >= 4 is 31.9 Å². The molecule has 1 heterocycles. The Hall–Kier alpha value is -0.920. The number of rotatable bonds is 3. The molecule has 0 unspecified atom stereocenters. The van der Waals surface area contributed by atoms with Gasteiger partial charge in [0.1, 0.15) is 0 Å². The van der Waals surface area contributed by atoms with E-state index in [1.165, 1.54) is 22.5 Å². The van der Waals surface area contributed by atoms with Crippen LogP contribution in [0.4, 0.5) is 0 Å². The van der Waals surface area contributed by atoms with Crippen LogP contribution in [0, 0.1) is 0 Å². The van der Waals surface area contributed by atoms with Crippen LogP contribution in [-0.2, 0) is 10.0 Å². The number of hydrogen-bond donors (Lipinski definition) is 1. The zero-order valence-electron chi connectivity index (χ0n) is 9.47. The van der Waals surface area contributed by atoms with Crippen LogP contribution in [0.3, 0.4) is 0 Å². The summed E-state index contributed by atoms with van der Waals surface area (Å²) < 4.78 is 26.2. The number of carbonyl (C=O) groups is 1. The standard InChI is InChI=1S/C11H12BrNO4S/c12-10-7-8(3-4-9(10)11(14)15)18(16,17)13-5-1-2-6-13/h3-4,7H,1-2,5-6H2,(H,14,15). The van der Waals surface area contributed by atoms with Crippen LogP contribution in [0.1, 0.15) is 23.2 Å². The Morgan fingerprint density at radius 1 is 1.28 bits per heavy atom. The molecule has 98 valence electrons. The third-order valence-electron chi connectivity index (χ3n) is 2.87. The van der Waals surface area contributed by atoms with Crippen molar-refractivity contribution in [3.63, 3.8) is 0 Å². The highest BCUT2D eigenvalue weighted by atomic mass is 79.9. The number of halogens is 1. The third-order valence-corrected chi connectivity index (χ3v) is 5.42. The molecule has 18 heavy (non-hydrogen) atoms. The molecule has 1 aromatic rings. The molecule has 0 radical (unpaired) electrons. The van der Waals surface area contributed by atoms with Crippen molar-refractivity contribution in [2.24, 2.45) is 0 Å². The average molecular weight is 334 g/mol. The van der Waals surface area contributed by atoms with E-state index >= 15 is 0 Å². The van der Waals surface area contributed by atoms with Crippen LogP contribution in [0.15, 0.2) is 27.6 Å². The first kappa shape index (κ1) is 13.5. The van der Waals surface area contributed by atoms with Gasteiger partial charge in [0.25, 0.3) is 0 Å². The molecular weight excluding hydrogens is 322 g/mol. The van der Waals surface area contributed by atoms with E-state index in [-0.39, 0.29) is 14.9 Å². The van der Waals surface area contributed by atoms with Crippen molar-refractivity contribution in [1.29, 1.82) is 0 Å². The maximum Gasteiger partial charge on any atom is 0.336 e. The molecule has 0 aliphatic carbocycles. The van der Waals surface area contributed by atoms with Gasteiger partial charge in [-0.15, -0.1) is 0 Å². The molecule has 0 spiro atoms. The van der Waals surface area contributed by atoms with Crippen molar-refractivity contribution in [2.75, 3.05) is 13.1 Å². The number of sulfonamides is 1. The Kier molecular flexibility index (Phi) is 3.74. The van der Waals surface area contributed by atoms with Crippen LogP contribution in [0.5, 0.6) is 0 Å². The second kappa shape index (κ2) is 4.99. The van der Waals surface area contributed by atoms with Crippen molar-refractivity contribution in [3.05, 3.63) is 28.2 Å². The van der Waals surface area contributed by atoms with Gasteiger partial charge in [-0.2, -0.15) is 4.31 Å². The first-order valence-corrected chi connectivity index (χ1v) is 7.69. The molecule has 1 aromatic carbocycles. The number of hydrogen-bond acceptors (Lipinski definition) is 3. The summed E-state index contributed by atoms with van der Waals surface area (Å²) in [4.78, 5) is 11.0. The highest BCUT2D eigenvalue weighted by molar-refractivity contribution is 9.10. The number of nitrogens with zero attached hydrogens (tertiary/aromatic N) is 1. The van der Waals surface area contributed by atoms with Gasteiger partial charge in [-0.05, 0) is 47.0 Å². The fraction of sp³-hybridized carbons (Fsp3) is 0.364. The lowest BCUT2D eigenvalue weighted by Crippen LogP contribution is -2.27. The number of benzene rings is 1. The van der Waals surface area contributed by atoms with Crippen LogP contribution in [0.25, 0.3) is 0 Å². The molecule has 7 heteroatoms. The molecule has 0 amide bonds. The van der Waals surface area contributed by atoms with E-state index in [1.807, 2.05) is 0 Å². The van der Waals surface area contributed by atoms with E-state index in [4.69, 9.17) is 5.11 Å². The summed E-state index contributed by atoms with van der Waals surface area (Å²) >= 11 is 3.08. The molecule has 1 N–H and O–H groups in total. The predicted octanol–water partition coefficient (Wildman–Crippen LogP) is 1.93. The van der Waals surface area contributed by atoms with Crippen molar-refractivity contribution in [2.45, 2.75) is 17.7 Å². The van der Waals surface area contributed by atoms with E-state index in [2.05, 4.69) is 15.9 Å². The van der Waals surface area contributed by atoms with Crippen LogP contribution >= 0.6 is 15.9 Å². The molecule has 0 atom stereocenters. The van der Waals surface area contributed by atoms with E-state index in [1.54, 1.807) is 0 Å². The summed E-state index contributed by atoms with van der Waals surface area (Å²) in [6, 6.07) is 3.98. The summed E-state index contributed by atoms with van der Waals surface area (Å²) in [5.74, 6) is -1.09. The van der Waals surface area contributed by atoms with Gasteiger partial charge in [0, 0.05) is 17.6 Å². The molecule has 0 aromatic heterocycles. The molecule has 0 bridgehead atoms. The van der Waals surface area contributed by atoms with Crippen LogP contribution in [0.2, 0.25) is 0 Å². The maximum atomic E-state index is 12.2. The summed E-state index contributed by atoms with van der Waals surface area (Å²) in [6.45, 7) is 1.06. The lowest BCUT2D eigenvalue weighted by molar-refractivity contribution is 0.0695. The number of aromatic carboxylic acids is 1. The van der Waals surface area contributed by atoms with E-state index in [9.17, 15) is 13.2 Å². The van der Waals surface area contributed by atoms with E-state index in [0.717, 1.165) is 12.8 Å². The van der Waals surface area contributed by atoms with Gasteiger partial charge >= 0.3 is 5.97 Å². The highest BCUT2D eigenvalue weighted by Gasteiger charge is 2.27. The number of carboxylic acid groups (broad SMARTS) is 1. The molecule has 1 aliphatic heterocycles. The lowest BCUT2D eigenvalue weighted by Gasteiger charge is -2.15. The van der Waals surface area contributed by atoms with Crippen molar-refractivity contribution in [1.82, 2.24) is 4.31 Å². The minimum Gasteiger partial charge on any atom is -0.478 e. The van der Waals surface area contributed by atoms with Gasteiger partial charge < -0.3 is 5.11 Å². The van der Waals surface area contributed by atoms with Crippen LogP contribution < -0.4 is 0 Å². The van der Waals surface area contributed by atoms with Crippen molar-refractivity contribution < 1.29 is 18.3 Å².